The Kier molecular flexibility index (Phi) is 4.91. The number of ether oxygens (including phenoxy) is 1. The quantitative estimate of drug-likeness (QED) is 0.917. The summed E-state index contributed by atoms with van der Waals surface area (Å²) < 4.78 is 5.61. The Morgan fingerprint density at radius 3 is 2.38 bits per heavy atom. The van der Waals surface area contributed by atoms with Crippen molar-refractivity contribution in [2.45, 2.75) is 46.3 Å². The minimum absolute atomic E-state index is 0.138. The van der Waals surface area contributed by atoms with Crippen LogP contribution in [0.2, 0.25) is 0 Å². The second kappa shape index (κ2) is 6.68. The lowest BCUT2D eigenvalue weighted by Crippen LogP contribution is -2.08. The van der Waals surface area contributed by atoms with E-state index in [-0.39, 0.29) is 6.10 Å². The molecular formula is C17H22N2O2. The first-order valence-corrected chi connectivity index (χ1v) is 7.29. The van der Waals surface area contributed by atoms with Gasteiger partial charge in [-0.2, -0.15) is 10.2 Å². The smallest absolute Gasteiger partial charge is 0.119 e. The lowest BCUT2D eigenvalue weighted by molar-refractivity contribution is 0.217. The van der Waals surface area contributed by atoms with E-state index in [2.05, 4.69) is 10.2 Å². The van der Waals surface area contributed by atoms with Crippen molar-refractivity contribution in [3.63, 3.8) is 0 Å². The molecule has 0 saturated heterocycles. The predicted octanol–water partition coefficient (Wildman–Crippen LogP) is 3.22. The van der Waals surface area contributed by atoms with E-state index >= 15 is 0 Å². The summed E-state index contributed by atoms with van der Waals surface area (Å²) in [7, 11) is 0. The molecular weight excluding hydrogens is 264 g/mol. The summed E-state index contributed by atoms with van der Waals surface area (Å²) in [5.41, 5.74) is 3.28. The molecule has 112 valence electrons. The second-order valence-corrected chi connectivity index (χ2v) is 5.38. The summed E-state index contributed by atoms with van der Waals surface area (Å²) in [4.78, 5) is 0. The highest BCUT2D eigenvalue weighted by Crippen LogP contribution is 2.26. The van der Waals surface area contributed by atoms with Crippen LogP contribution in [0.3, 0.4) is 0 Å². The lowest BCUT2D eigenvalue weighted by atomic mass is 9.99. The molecule has 1 aromatic heterocycles. The third-order valence-electron chi connectivity index (χ3n) is 3.22. The fourth-order valence-corrected chi connectivity index (χ4v) is 2.23. The van der Waals surface area contributed by atoms with Gasteiger partial charge in [0, 0.05) is 5.56 Å². The van der Waals surface area contributed by atoms with Gasteiger partial charge in [-0.15, -0.1) is 0 Å². The second-order valence-electron chi connectivity index (χ2n) is 5.38. The van der Waals surface area contributed by atoms with Crippen molar-refractivity contribution in [1.82, 2.24) is 10.2 Å². The maximum atomic E-state index is 10.6. The van der Waals surface area contributed by atoms with Gasteiger partial charge in [0.05, 0.1) is 17.5 Å². The summed E-state index contributed by atoms with van der Waals surface area (Å²) >= 11 is 0. The molecule has 0 aliphatic heterocycles. The molecule has 1 heterocycles. The van der Waals surface area contributed by atoms with Gasteiger partial charge in [0.2, 0.25) is 0 Å². The van der Waals surface area contributed by atoms with Crippen molar-refractivity contribution in [2.75, 3.05) is 0 Å². The maximum absolute atomic E-state index is 10.6. The number of hydrogen-bond acceptors (Lipinski definition) is 4. The van der Waals surface area contributed by atoms with E-state index in [4.69, 9.17) is 4.74 Å². The average Bonchev–Trinajstić information content (AvgIpc) is 2.46. The van der Waals surface area contributed by atoms with Gasteiger partial charge >= 0.3 is 0 Å². The zero-order chi connectivity index (χ0) is 15.4. The minimum atomic E-state index is -0.692. The van der Waals surface area contributed by atoms with Crippen LogP contribution in [0.4, 0.5) is 0 Å². The Balaban J connectivity index is 2.27. The van der Waals surface area contributed by atoms with Crippen LogP contribution in [0.25, 0.3) is 0 Å². The van der Waals surface area contributed by atoms with Gasteiger partial charge in [-0.05, 0) is 51.0 Å². The van der Waals surface area contributed by atoms with E-state index in [0.29, 0.717) is 0 Å². The van der Waals surface area contributed by atoms with Gasteiger partial charge in [-0.25, -0.2) is 0 Å². The van der Waals surface area contributed by atoms with Gasteiger partial charge in [-0.3, -0.25) is 0 Å². The fraction of sp³-hybridized carbons (Fsp3) is 0.412. The molecule has 1 N–H and O–H groups in total. The Morgan fingerprint density at radius 1 is 1.14 bits per heavy atom. The molecule has 4 nitrogen and oxygen atoms in total. The molecule has 1 atom stereocenters. The van der Waals surface area contributed by atoms with Crippen molar-refractivity contribution < 1.29 is 9.84 Å². The van der Waals surface area contributed by atoms with Gasteiger partial charge in [0.15, 0.2) is 0 Å². The Bertz CT molecular complexity index is 594. The number of aromatic nitrogens is 2. The number of nitrogens with zero attached hydrogens (tertiary/aromatic N) is 2. The zero-order valence-electron chi connectivity index (χ0n) is 13.0. The third kappa shape index (κ3) is 3.79. The first kappa shape index (κ1) is 15.4. The number of aryl methyl sites for hydroxylation is 2. The van der Waals surface area contributed by atoms with Crippen molar-refractivity contribution in [3.8, 4) is 5.75 Å². The normalized spacial score (nSPS) is 12.5. The molecule has 0 aliphatic rings. The molecule has 0 bridgehead atoms. The Hall–Kier alpha value is -1.94. The first-order valence-electron chi connectivity index (χ1n) is 7.29. The van der Waals surface area contributed by atoms with E-state index in [1.165, 1.54) is 0 Å². The fourth-order valence-electron chi connectivity index (χ4n) is 2.23. The van der Waals surface area contributed by atoms with Crippen molar-refractivity contribution in [3.05, 3.63) is 52.8 Å². The molecule has 0 radical (unpaired) electrons. The average molecular weight is 286 g/mol. The van der Waals surface area contributed by atoms with Crippen LogP contribution in [-0.2, 0) is 6.42 Å². The zero-order valence-corrected chi connectivity index (χ0v) is 13.0. The Labute approximate surface area is 125 Å². The molecule has 1 unspecified atom stereocenters. The first-order chi connectivity index (χ1) is 10.0. The molecule has 4 heteroatoms. The van der Waals surface area contributed by atoms with Crippen molar-refractivity contribution >= 4 is 0 Å². The van der Waals surface area contributed by atoms with Gasteiger partial charge < -0.3 is 9.84 Å². The standard InChI is InChI=1S/C17H22N2O2/c1-5-16-15(10-12(4)18-19-16)17(20)13-6-8-14(9-7-13)21-11(2)3/h6-11,17,20H,5H2,1-4H3. The third-order valence-corrected chi connectivity index (χ3v) is 3.22. The topological polar surface area (TPSA) is 55.2 Å². The van der Waals surface area contributed by atoms with Gasteiger partial charge in [0.25, 0.3) is 0 Å². The summed E-state index contributed by atoms with van der Waals surface area (Å²) in [5, 5.41) is 18.8. The summed E-state index contributed by atoms with van der Waals surface area (Å²) in [6.45, 7) is 7.86. The van der Waals surface area contributed by atoms with Gasteiger partial charge in [0.1, 0.15) is 11.9 Å². The number of rotatable bonds is 5. The molecule has 2 aromatic rings. The van der Waals surface area contributed by atoms with Gasteiger partial charge in [-0.1, -0.05) is 19.1 Å². The van der Waals surface area contributed by atoms with Crippen LogP contribution in [0.1, 0.15) is 49.4 Å². The summed E-state index contributed by atoms with van der Waals surface area (Å²) in [6, 6.07) is 9.43. The molecule has 0 amide bonds. The minimum Gasteiger partial charge on any atom is -0.491 e. The SMILES string of the molecule is CCc1nnc(C)cc1C(O)c1ccc(OC(C)C)cc1. The van der Waals surface area contributed by atoms with Crippen LogP contribution in [0.15, 0.2) is 30.3 Å². The van der Waals surface area contributed by atoms with Crippen molar-refractivity contribution in [2.24, 2.45) is 0 Å². The largest absolute Gasteiger partial charge is 0.491 e. The molecule has 1 aromatic carbocycles. The monoisotopic (exact) mass is 286 g/mol. The molecule has 21 heavy (non-hydrogen) atoms. The molecule has 0 spiro atoms. The highest BCUT2D eigenvalue weighted by atomic mass is 16.5. The van der Waals surface area contributed by atoms with Crippen LogP contribution < -0.4 is 4.74 Å². The van der Waals surface area contributed by atoms with E-state index in [1.807, 2.05) is 58.0 Å². The molecule has 0 aliphatic carbocycles. The van der Waals surface area contributed by atoms with Crippen LogP contribution in [0.5, 0.6) is 5.75 Å². The van der Waals surface area contributed by atoms with Crippen LogP contribution >= 0.6 is 0 Å². The van der Waals surface area contributed by atoms with E-state index in [9.17, 15) is 5.11 Å². The Morgan fingerprint density at radius 2 is 1.81 bits per heavy atom. The lowest BCUT2D eigenvalue weighted by Gasteiger charge is -2.16. The number of benzene rings is 1. The van der Waals surface area contributed by atoms with Crippen LogP contribution in [0, 0.1) is 6.92 Å². The van der Waals surface area contributed by atoms with E-state index in [0.717, 1.165) is 34.7 Å². The molecule has 0 fully saturated rings. The highest BCUT2D eigenvalue weighted by Gasteiger charge is 2.16. The van der Waals surface area contributed by atoms with Crippen molar-refractivity contribution in [1.29, 1.82) is 0 Å². The van der Waals surface area contributed by atoms with E-state index < -0.39 is 6.10 Å². The van der Waals surface area contributed by atoms with E-state index in [1.54, 1.807) is 0 Å². The number of aliphatic hydroxyl groups excluding tert-OH is 1. The number of hydrogen-bond donors (Lipinski definition) is 1. The highest BCUT2D eigenvalue weighted by molar-refractivity contribution is 5.36. The molecule has 2 rings (SSSR count). The maximum Gasteiger partial charge on any atom is 0.119 e. The van der Waals surface area contributed by atoms with Crippen LogP contribution in [-0.4, -0.2) is 21.4 Å². The predicted molar refractivity (Wildman–Crippen MR) is 82.4 cm³/mol. The molecule has 0 saturated carbocycles. The summed E-state index contributed by atoms with van der Waals surface area (Å²) in [5.74, 6) is 0.806. The summed E-state index contributed by atoms with van der Waals surface area (Å²) in [6.07, 6.45) is 0.190. The number of aliphatic hydroxyl groups is 1.